The van der Waals surface area contributed by atoms with Gasteiger partial charge in [-0.15, -0.1) is 0 Å². The number of benzene rings is 1. The zero-order valence-corrected chi connectivity index (χ0v) is 12.9. The molecule has 1 aromatic rings. The van der Waals surface area contributed by atoms with E-state index in [2.05, 4.69) is 17.7 Å². The van der Waals surface area contributed by atoms with Crippen LogP contribution < -0.4 is 16.6 Å². The normalized spacial score (nSPS) is 21.8. The zero-order chi connectivity index (χ0) is 14.5. The molecule has 0 radical (unpaired) electrons. The third kappa shape index (κ3) is 3.67. The lowest BCUT2D eigenvalue weighted by Gasteiger charge is -2.15. The van der Waals surface area contributed by atoms with Crippen LogP contribution in [0.4, 0.5) is 5.69 Å². The minimum absolute atomic E-state index is 0.0335. The van der Waals surface area contributed by atoms with Gasteiger partial charge in [0.2, 0.25) is 0 Å². The predicted molar refractivity (Wildman–Crippen MR) is 86.0 cm³/mol. The summed E-state index contributed by atoms with van der Waals surface area (Å²) in [7, 11) is 0. The van der Waals surface area contributed by atoms with Gasteiger partial charge in [-0.3, -0.25) is 10.6 Å². The molecule has 0 heterocycles. The number of hydrogen-bond acceptors (Lipinski definition) is 4. The van der Waals surface area contributed by atoms with Gasteiger partial charge in [0.1, 0.15) is 0 Å². The number of hydrazine groups is 1. The third-order valence-electron chi connectivity index (χ3n) is 3.70. The van der Waals surface area contributed by atoms with Crippen molar-refractivity contribution >= 4 is 23.4 Å². The summed E-state index contributed by atoms with van der Waals surface area (Å²) >= 11 is 1.99. The van der Waals surface area contributed by atoms with E-state index < -0.39 is 0 Å². The van der Waals surface area contributed by atoms with Crippen LogP contribution in [0.3, 0.4) is 0 Å². The van der Waals surface area contributed by atoms with E-state index in [0.717, 1.165) is 24.2 Å². The van der Waals surface area contributed by atoms with Crippen LogP contribution in [0.2, 0.25) is 0 Å². The first-order valence-electron chi connectivity index (χ1n) is 7.13. The van der Waals surface area contributed by atoms with Crippen LogP contribution in [0.25, 0.3) is 0 Å². The summed E-state index contributed by atoms with van der Waals surface area (Å²) in [6, 6.07) is 5.94. The van der Waals surface area contributed by atoms with Crippen LogP contribution in [0.5, 0.6) is 0 Å². The topological polar surface area (TPSA) is 67.2 Å². The summed E-state index contributed by atoms with van der Waals surface area (Å²) in [5, 5.41) is 3.83. The Morgan fingerprint density at radius 1 is 1.45 bits per heavy atom. The number of nitrogens with two attached hydrogens (primary N) is 1. The molecule has 1 aromatic carbocycles. The molecule has 4 N–H and O–H groups in total. The second kappa shape index (κ2) is 6.99. The highest BCUT2D eigenvalue weighted by Crippen LogP contribution is 2.30. The van der Waals surface area contributed by atoms with Crippen molar-refractivity contribution in [2.24, 2.45) is 5.84 Å². The molecule has 1 amide bonds. The molecular formula is C15H23N3OS. The highest BCUT2D eigenvalue weighted by atomic mass is 32.2. The Morgan fingerprint density at radius 3 is 2.95 bits per heavy atom. The maximum absolute atomic E-state index is 12.4. The number of carbonyl (C=O) groups is 1. The van der Waals surface area contributed by atoms with E-state index in [1.54, 1.807) is 0 Å². The number of nitrogen functional groups attached to an aromatic ring is 1. The van der Waals surface area contributed by atoms with Crippen molar-refractivity contribution in [2.75, 3.05) is 11.2 Å². The van der Waals surface area contributed by atoms with Crippen molar-refractivity contribution in [3.8, 4) is 0 Å². The highest BCUT2D eigenvalue weighted by molar-refractivity contribution is 7.99. The van der Waals surface area contributed by atoms with E-state index >= 15 is 0 Å². The van der Waals surface area contributed by atoms with Gasteiger partial charge in [0.15, 0.2) is 0 Å². The molecule has 20 heavy (non-hydrogen) atoms. The Labute approximate surface area is 124 Å². The Hall–Kier alpha value is -1.20. The van der Waals surface area contributed by atoms with E-state index in [1.165, 1.54) is 6.42 Å². The number of amides is 1. The zero-order valence-electron chi connectivity index (χ0n) is 12.1. The van der Waals surface area contributed by atoms with Gasteiger partial charge in [0.05, 0.1) is 11.3 Å². The number of nitrogens with one attached hydrogen (secondary N) is 2. The molecule has 0 aliphatic heterocycles. The minimum atomic E-state index is -0.0335. The lowest BCUT2D eigenvalue weighted by atomic mass is 10.1. The Kier molecular flexibility index (Phi) is 5.31. The Morgan fingerprint density at radius 2 is 2.25 bits per heavy atom. The van der Waals surface area contributed by atoms with Crippen molar-refractivity contribution in [1.82, 2.24) is 5.32 Å². The average molecular weight is 293 g/mol. The van der Waals surface area contributed by atoms with E-state index in [-0.39, 0.29) is 11.9 Å². The Balaban J connectivity index is 2.00. The number of hydrogen-bond donors (Lipinski definition) is 3. The maximum atomic E-state index is 12.4. The quantitative estimate of drug-likeness (QED) is 0.577. The number of thioether (sulfide) groups is 1. The van der Waals surface area contributed by atoms with Gasteiger partial charge in [-0.25, -0.2) is 0 Å². The van der Waals surface area contributed by atoms with Gasteiger partial charge >= 0.3 is 0 Å². The van der Waals surface area contributed by atoms with Gasteiger partial charge in [0, 0.05) is 11.3 Å². The van der Waals surface area contributed by atoms with Gasteiger partial charge in [-0.2, -0.15) is 11.8 Å². The fraction of sp³-hybridized carbons (Fsp3) is 0.533. The van der Waals surface area contributed by atoms with Crippen LogP contribution in [0, 0.1) is 6.92 Å². The molecule has 2 rings (SSSR count). The molecule has 0 aromatic heterocycles. The van der Waals surface area contributed by atoms with Crippen molar-refractivity contribution in [2.45, 2.75) is 44.4 Å². The summed E-state index contributed by atoms with van der Waals surface area (Å²) in [4.78, 5) is 12.4. The first-order chi connectivity index (χ1) is 9.63. The Bertz CT molecular complexity index is 478. The van der Waals surface area contributed by atoms with Crippen LogP contribution in [0.1, 0.15) is 42.1 Å². The molecule has 5 heteroatoms. The van der Waals surface area contributed by atoms with E-state index in [1.807, 2.05) is 36.9 Å². The molecular weight excluding hydrogens is 270 g/mol. The monoisotopic (exact) mass is 293 g/mol. The van der Waals surface area contributed by atoms with Crippen molar-refractivity contribution < 1.29 is 4.79 Å². The van der Waals surface area contributed by atoms with Crippen molar-refractivity contribution in [3.05, 3.63) is 29.3 Å². The average Bonchev–Trinajstić information content (AvgIpc) is 2.86. The molecule has 1 fully saturated rings. The summed E-state index contributed by atoms with van der Waals surface area (Å²) in [6.07, 6.45) is 3.33. The standard InChI is InChI=1S/C15H23N3OS/c1-3-20-12-6-5-11(9-12)17-15(19)13-8-10(2)4-7-14(13)18-16/h4,7-8,11-12,18H,3,5-6,9,16H2,1-2H3,(H,17,19). The number of carbonyl (C=O) groups excluding carboxylic acids is 1. The molecule has 1 saturated carbocycles. The molecule has 4 nitrogen and oxygen atoms in total. The summed E-state index contributed by atoms with van der Waals surface area (Å²) in [6.45, 7) is 4.16. The smallest absolute Gasteiger partial charge is 0.253 e. The summed E-state index contributed by atoms with van der Waals surface area (Å²) < 4.78 is 0. The second-order valence-corrected chi connectivity index (χ2v) is 6.83. The molecule has 1 aliphatic carbocycles. The minimum Gasteiger partial charge on any atom is -0.349 e. The fourth-order valence-electron chi connectivity index (χ4n) is 2.69. The lowest BCUT2D eigenvalue weighted by molar-refractivity contribution is 0.0938. The van der Waals surface area contributed by atoms with Crippen LogP contribution in [-0.2, 0) is 0 Å². The van der Waals surface area contributed by atoms with Crippen molar-refractivity contribution in [1.29, 1.82) is 0 Å². The van der Waals surface area contributed by atoms with Crippen LogP contribution >= 0.6 is 11.8 Å². The van der Waals surface area contributed by atoms with E-state index in [9.17, 15) is 4.79 Å². The summed E-state index contributed by atoms with van der Waals surface area (Å²) in [5.74, 6) is 6.58. The van der Waals surface area contributed by atoms with Gasteiger partial charge < -0.3 is 10.7 Å². The molecule has 1 aliphatic rings. The fourth-order valence-corrected chi connectivity index (χ4v) is 3.84. The van der Waals surface area contributed by atoms with Crippen LogP contribution in [0.15, 0.2) is 18.2 Å². The number of rotatable bonds is 5. The first-order valence-corrected chi connectivity index (χ1v) is 8.18. The molecule has 0 saturated heterocycles. The maximum Gasteiger partial charge on any atom is 0.253 e. The number of aryl methyl sites for hydroxylation is 1. The second-order valence-electron chi connectivity index (χ2n) is 5.25. The highest BCUT2D eigenvalue weighted by Gasteiger charge is 2.26. The lowest BCUT2D eigenvalue weighted by Crippen LogP contribution is -2.33. The number of anilines is 1. The largest absolute Gasteiger partial charge is 0.349 e. The molecule has 0 spiro atoms. The SMILES string of the molecule is CCSC1CCC(NC(=O)c2cc(C)ccc2NN)C1. The molecule has 2 atom stereocenters. The van der Waals surface area contributed by atoms with E-state index in [0.29, 0.717) is 16.5 Å². The van der Waals surface area contributed by atoms with Gasteiger partial charge in [-0.1, -0.05) is 18.6 Å². The van der Waals surface area contributed by atoms with Crippen molar-refractivity contribution in [3.63, 3.8) is 0 Å². The molecule has 110 valence electrons. The van der Waals surface area contributed by atoms with Crippen LogP contribution in [-0.4, -0.2) is 23.0 Å². The molecule has 2 unspecified atom stereocenters. The first kappa shape index (κ1) is 15.2. The predicted octanol–water partition coefficient (Wildman–Crippen LogP) is 2.68. The summed E-state index contributed by atoms with van der Waals surface area (Å²) in [5.41, 5.74) is 4.94. The van der Waals surface area contributed by atoms with Gasteiger partial charge in [-0.05, 0) is 44.1 Å². The van der Waals surface area contributed by atoms with E-state index in [4.69, 9.17) is 5.84 Å². The van der Waals surface area contributed by atoms with Gasteiger partial charge in [0.25, 0.3) is 5.91 Å². The third-order valence-corrected chi connectivity index (χ3v) is 4.93. The molecule has 0 bridgehead atoms.